The molecule has 0 spiro atoms. The average molecular weight is 338 g/mol. The maximum atomic E-state index is 12.3. The van der Waals surface area contributed by atoms with Gasteiger partial charge in [0.05, 0.1) is 19.6 Å². The molecule has 7 nitrogen and oxygen atoms in total. The molecule has 0 saturated heterocycles. The van der Waals surface area contributed by atoms with Crippen LogP contribution in [0.25, 0.3) is 0 Å². The van der Waals surface area contributed by atoms with Gasteiger partial charge in [0.15, 0.2) is 11.5 Å². The minimum atomic E-state index is -0.759. The fraction of sp³-hybridized carbons (Fsp3) is 0.529. The average Bonchev–Trinajstić information content (AvgIpc) is 2.50. The van der Waals surface area contributed by atoms with Crippen LogP contribution in [-0.4, -0.2) is 41.3 Å². The summed E-state index contributed by atoms with van der Waals surface area (Å²) in [5.41, 5.74) is 0.760. The Morgan fingerprint density at radius 3 is 2.46 bits per heavy atom. The number of carbonyl (C=O) groups excluding carboxylic acids is 2. The Labute approximate surface area is 142 Å². The highest BCUT2D eigenvalue weighted by Gasteiger charge is 2.24. The Hall–Kier alpha value is -2.28. The number of carbonyl (C=O) groups is 2. The van der Waals surface area contributed by atoms with Gasteiger partial charge in [-0.2, -0.15) is 0 Å². The molecule has 0 bridgehead atoms. The zero-order valence-corrected chi connectivity index (χ0v) is 14.5. The van der Waals surface area contributed by atoms with Crippen molar-refractivity contribution >= 4 is 11.8 Å². The zero-order valence-electron chi connectivity index (χ0n) is 14.5. The smallest absolute Gasteiger partial charge is 0.243 e. The molecule has 0 fully saturated rings. The van der Waals surface area contributed by atoms with Crippen LogP contribution in [0.2, 0.25) is 0 Å². The second-order valence-electron chi connectivity index (χ2n) is 6.07. The van der Waals surface area contributed by atoms with Gasteiger partial charge in [0.25, 0.3) is 0 Å². The summed E-state index contributed by atoms with van der Waals surface area (Å²) in [6, 6.07) is 4.11. The molecule has 2 amide bonds. The zero-order chi connectivity index (χ0) is 18.3. The van der Waals surface area contributed by atoms with E-state index in [0.717, 1.165) is 5.56 Å². The van der Waals surface area contributed by atoms with Crippen LogP contribution in [0.3, 0.4) is 0 Å². The number of hydrogen-bond donors (Lipinski definition) is 4. The van der Waals surface area contributed by atoms with Gasteiger partial charge in [0, 0.05) is 6.54 Å². The van der Waals surface area contributed by atoms with Crippen LogP contribution in [0.5, 0.6) is 11.5 Å². The van der Waals surface area contributed by atoms with Gasteiger partial charge in [0.1, 0.15) is 6.04 Å². The summed E-state index contributed by atoms with van der Waals surface area (Å²) in [6.45, 7) is 5.42. The lowest BCUT2D eigenvalue weighted by Crippen LogP contribution is -2.49. The molecule has 0 heterocycles. The second-order valence-corrected chi connectivity index (χ2v) is 6.07. The predicted molar refractivity (Wildman–Crippen MR) is 89.6 cm³/mol. The highest BCUT2D eigenvalue weighted by Crippen LogP contribution is 2.26. The van der Waals surface area contributed by atoms with Crippen LogP contribution < -0.4 is 15.4 Å². The van der Waals surface area contributed by atoms with Crippen molar-refractivity contribution < 1.29 is 24.5 Å². The molecule has 0 aliphatic rings. The van der Waals surface area contributed by atoms with Gasteiger partial charge >= 0.3 is 0 Å². The summed E-state index contributed by atoms with van der Waals surface area (Å²) in [4.78, 5) is 24.1. The molecule has 4 N–H and O–H groups in total. The maximum absolute atomic E-state index is 12.3. The number of rotatable bonds is 8. The summed E-state index contributed by atoms with van der Waals surface area (Å²) in [5, 5.41) is 24.2. The van der Waals surface area contributed by atoms with E-state index in [4.69, 9.17) is 4.74 Å². The van der Waals surface area contributed by atoms with Crippen LogP contribution in [0.15, 0.2) is 18.2 Å². The van der Waals surface area contributed by atoms with Gasteiger partial charge < -0.3 is 25.6 Å². The standard InChI is InChI=1S/C17H26N2O5/c1-10(2)16(19-15(22)7-11(3)20)17(23)18-9-12-5-6-13(21)14(8-12)24-4/h5-6,8,10-11,16,20-21H,7,9H2,1-4H3,(H,18,23)(H,19,22)/t11?,16-/m0/s1. The molecule has 0 radical (unpaired) electrons. The van der Waals surface area contributed by atoms with E-state index in [2.05, 4.69) is 10.6 Å². The molecule has 1 unspecified atom stereocenters. The molecule has 7 heteroatoms. The lowest BCUT2D eigenvalue weighted by molar-refractivity contribution is -0.131. The summed E-state index contributed by atoms with van der Waals surface area (Å²) in [5.74, 6) is -0.427. The van der Waals surface area contributed by atoms with E-state index in [9.17, 15) is 19.8 Å². The summed E-state index contributed by atoms with van der Waals surface area (Å²) < 4.78 is 5.02. The number of ether oxygens (including phenoxy) is 1. The van der Waals surface area contributed by atoms with Gasteiger partial charge in [-0.05, 0) is 30.5 Å². The highest BCUT2D eigenvalue weighted by molar-refractivity contribution is 5.87. The van der Waals surface area contributed by atoms with Gasteiger partial charge in [-0.15, -0.1) is 0 Å². The lowest BCUT2D eigenvalue weighted by Gasteiger charge is -2.22. The maximum Gasteiger partial charge on any atom is 0.243 e. The Balaban J connectivity index is 2.67. The molecule has 1 aromatic carbocycles. The number of benzene rings is 1. The van der Waals surface area contributed by atoms with E-state index in [1.807, 2.05) is 13.8 Å². The Morgan fingerprint density at radius 1 is 1.25 bits per heavy atom. The summed E-state index contributed by atoms with van der Waals surface area (Å²) >= 11 is 0. The van der Waals surface area contributed by atoms with Crippen molar-refractivity contribution in [3.8, 4) is 11.5 Å². The first kappa shape index (κ1) is 19.8. The van der Waals surface area contributed by atoms with E-state index < -0.39 is 12.1 Å². The highest BCUT2D eigenvalue weighted by atomic mass is 16.5. The van der Waals surface area contributed by atoms with Crippen molar-refractivity contribution in [2.24, 2.45) is 5.92 Å². The third-order valence-corrected chi connectivity index (χ3v) is 3.46. The molecule has 134 valence electrons. The molecule has 24 heavy (non-hydrogen) atoms. The van der Waals surface area contributed by atoms with Crippen molar-refractivity contribution in [3.63, 3.8) is 0 Å². The fourth-order valence-corrected chi connectivity index (χ4v) is 2.17. The third-order valence-electron chi connectivity index (χ3n) is 3.46. The van der Waals surface area contributed by atoms with Gasteiger partial charge in [-0.25, -0.2) is 0 Å². The molecule has 0 aliphatic carbocycles. The summed E-state index contributed by atoms with van der Waals surface area (Å²) in [7, 11) is 1.45. The molecular formula is C17H26N2O5. The largest absolute Gasteiger partial charge is 0.504 e. The van der Waals surface area contributed by atoms with Crippen molar-refractivity contribution in [2.75, 3.05) is 7.11 Å². The number of amides is 2. The van der Waals surface area contributed by atoms with Crippen LogP contribution in [0.4, 0.5) is 0 Å². The fourth-order valence-electron chi connectivity index (χ4n) is 2.17. The normalized spacial score (nSPS) is 13.2. The van der Waals surface area contributed by atoms with E-state index in [0.29, 0.717) is 5.75 Å². The first-order valence-corrected chi connectivity index (χ1v) is 7.85. The molecular weight excluding hydrogens is 312 g/mol. The van der Waals surface area contributed by atoms with Gasteiger partial charge in [-0.3, -0.25) is 9.59 Å². The van der Waals surface area contributed by atoms with Crippen molar-refractivity contribution in [2.45, 2.75) is 45.9 Å². The van der Waals surface area contributed by atoms with E-state index in [1.54, 1.807) is 12.1 Å². The number of phenolic OH excluding ortho intramolecular Hbond substituents is 1. The SMILES string of the molecule is COc1cc(CNC(=O)[C@@H](NC(=O)CC(C)O)C(C)C)ccc1O. The minimum Gasteiger partial charge on any atom is -0.504 e. The number of nitrogens with one attached hydrogen (secondary N) is 2. The quantitative estimate of drug-likeness (QED) is 0.564. The van der Waals surface area contributed by atoms with E-state index in [-0.39, 0.29) is 36.4 Å². The Kier molecular flexibility index (Phi) is 7.51. The molecule has 1 aromatic rings. The predicted octanol–water partition coefficient (Wildman–Crippen LogP) is 0.929. The van der Waals surface area contributed by atoms with Crippen LogP contribution in [0, 0.1) is 5.92 Å². The van der Waals surface area contributed by atoms with Crippen molar-refractivity contribution in [3.05, 3.63) is 23.8 Å². The molecule has 0 aliphatic heterocycles. The Morgan fingerprint density at radius 2 is 1.92 bits per heavy atom. The number of methoxy groups -OCH3 is 1. The van der Waals surface area contributed by atoms with Crippen molar-refractivity contribution in [1.82, 2.24) is 10.6 Å². The summed E-state index contributed by atoms with van der Waals surface area (Å²) in [6.07, 6.45) is -0.809. The monoisotopic (exact) mass is 338 g/mol. The second kappa shape index (κ2) is 9.12. The topological polar surface area (TPSA) is 108 Å². The molecule has 0 saturated carbocycles. The lowest BCUT2D eigenvalue weighted by atomic mass is 10.0. The third kappa shape index (κ3) is 6.08. The van der Waals surface area contributed by atoms with Crippen LogP contribution in [-0.2, 0) is 16.1 Å². The van der Waals surface area contributed by atoms with Gasteiger partial charge in [0.2, 0.25) is 11.8 Å². The first-order valence-electron chi connectivity index (χ1n) is 7.85. The Bertz CT molecular complexity index is 572. The molecule has 2 atom stereocenters. The van der Waals surface area contributed by atoms with Crippen molar-refractivity contribution in [1.29, 1.82) is 0 Å². The van der Waals surface area contributed by atoms with E-state index in [1.165, 1.54) is 20.1 Å². The minimum absolute atomic E-state index is 0.0259. The number of hydrogen-bond acceptors (Lipinski definition) is 5. The molecule has 0 aromatic heterocycles. The molecule has 1 rings (SSSR count). The number of phenols is 1. The van der Waals surface area contributed by atoms with E-state index >= 15 is 0 Å². The number of aromatic hydroxyl groups is 1. The van der Waals surface area contributed by atoms with Crippen LogP contribution in [0.1, 0.15) is 32.8 Å². The number of aliphatic hydroxyl groups is 1. The number of aliphatic hydroxyl groups excluding tert-OH is 1. The van der Waals surface area contributed by atoms with Gasteiger partial charge in [-0.1, -0.05) is 19.9 Å². The first-order chi connectivity index (χ1) is 11.2. The van der Waals surface area contributed by atoms with Crippen LogP contribution >= 0.6 is 0 Å².